The fourth-order valence-corrected chi connectivity index (χ4v) is 4.84. The number of nitrogens with zero attached hydrogens (tertiary/aromatic N) is 2. The largest absolute Gasteiger partial charge is 0.337 e. The van der Waals surface area contributed by atoms with Crippen LogP contribution >= 0.6 is 12.4 Å². The number of rotatable bonds is 7. The Bertz CT molecular complexity index is 891. The molecule has 8 heteroatoms. The molecule has 2 aromatic rings. The number of carbonyl (C=O) groups is 1. The van der Waals surface area contributed by atoms with E-state index in [0.29, 0.717) is 43.9 Å². The van der Waals surface area contributed by atoms with Crippen LogP contribution in [0.4, 0.5) is 5.69 Å². The van der Waals surface area contributed by atoms with Crippen LogP contribution in [0.15, 0.2) is 54.6 Å². The van der Waals surface area contributed by atoms with Crippen LogP contribution in [0.5, 0.6) is 0 Å². The van der Waals surface area contributed by atoms with Crippen molar-refractivity contribution in [1.82, 2.24) is 4.90 Å². The molecule has 1 saturated heterocycles. The van der Waals surface area contributed by atoms with Gasteiger partial charge in [0.2, 0.25) is 10.0 Å². The fraction of sp³-hybridized carbons (Fsp3) is 0.350. The number of hydrogen-bond acceptors (Lipinski definition) is 4. The molecule has 1 fully saturated rings. The number of amides is 1. The molecule has 0 aromatic heterocycles. The van der Waals surface area contributed by atoms with E-state index >= 15 is 0 Å². The van der Waals surface area contributed by atoms with Crippen LogP contribution in [0.25, 0.3) is 0 Å². The number of benzene rings is 2. The molecule has 0 aliphatic carbocycles. The zero-order valence-corrected chi connectivity index (χ0v) is 17.3. The summed E-state index contributed by atoms with van der Waals surface area (Å²) in [7, 11) is -3.27. The van der Waals surface area contributed by atoms with Gasteiger partial charge in [0.15, 0.2) is 0 Å². The molecular formula is C20H26ClN3O3S. The highest BCUT2D eigenvalue weighted by atomic mass is 35.5. The van der Waals surface area contributed by atoms with Crippen molar-refractivity contribution in [1.29, 1.82) is 0 Å². The third-order valence-electron chi connectivity index (χ3n) is 4.68. The third kappa shape index (κ3) is 5.25. The van der Waals surface area contributed by atoms with Gasteiger partial charge in [-0.2, -0.15) is 0 Å². The molecule has 2 aromatic carbocycles. The molecule has 3 rings (SSSR count). The molecule has 6 nitrogen and oxygen atoms in total. The zero-order chi connectivity index (χ0) is 19.3. The predicted octanol–water partition coefficient (Wildman–Crippen LogP) is 2.29. The molecule has 28 heavy (non-hydrogen) atoms. The summed E-state index contributed by atoms with van der Waals surface area (Å²) < 4.78 is 25.7. The summed E-state index contributed by atoms with van der Waals surface area (Å²) in [6.45, 7) is 1.85. The average Bonchev–Trinajstić information content (AvgIpc) is 3.04. The van der Waals surface area contributed by atoms with Crippen molar-refractivity contribution in [2.45, 2.75) is 12.8 Å². The summed E-state index contributed by atoms with van der Waals surface area (Å²) in [6, 6.07) is 16.8. The minimum atomic E-state index is -3.27. The fourth-order valence-electron chi connectivity index (χ4n) is 3.29. The number of hydrogen-bond donors (Lipinski definition) is 1. The van der Waals surface area contributed by atoms with Gasteiger partial charge in [0.1, 0.15) is 0 Å². The summed E-state index contributed by atoms with van der Waals surface area (Å²) >= 11 is 0. The topological polar surface area (TPSA) is 83.7 Å². The highest BCUT2D eigenvalue weighted by Gasteiger charge is 2.29. The molecule has 1 amide bonds. The Morgan fingerprint density at radius 1 is 1.07 bits per heavy atom. The van der Waals surface area contributed by atoms with Crippen molar-refractivity contribution >= 4 is 34.0 Å². The maximum atomic E-state index is 13.0. The molecule has 2 N–H and O–H groups in total. The van der Waals surface area contributed by atoms with Gasteiger partial charge in [-0.15, -0.1) is 12.4 Å². The molecule has 1 aliphatic rings. The normalized spacial score (nSPS) is 15.1. The summed E-state index contributed by atoms with van der Waals surface area (Å²) in [5.41, 5.74) is 7.89. The molecular weight excluding hydrogens is 398 g/mol. The first-order valence-electron chi connectivity index (χ1n) is 9.15. The molecule has 0 atom stereocenters. The Hall–Kier alpha value is -2.09. The zero-order valence-electron chi connectivity index (χ0n) is 15.7. The summed E-state index contributed by atoms with van der Waals surface area (Å²) in [4.78, 5) is 14.7. The van der Waals surface area contributed by atoms with E-state index in [2.05, 4.69) is 0 Å². The lowest BCUT2D eigenvalue weighted by atomic mass is 10.1. The van der Waals surface area contributed by atoms with Crippen LogP contribution in [0.2, 0.25) is 0 Å². The smallest absolute Gasteiger partial charge is 0.253 e. The van der Waals surface area contributed by atoms with Gasteiger partial charge in [0.25, 0.3) is 5.91 Å². The second kappa shape index (κ2) is 9.91. The summed E-state index contributed by atoms with van der Waals surface area (Å²) in [6.07, 6.45) is 1.35. The molecule has 0 radical (unpaired) electrons. The van der Waals surface area contributed by atoms with E-state index in [0.717, 1.165) is 12.0 Å². The molecule has 1 heterocycles. The number of nitrogens with two attached hydrogens (primary N) is 1. The van der Waals surface area contributed by atoms with Crippen molar-refractivity contribution < 1.29 is 13.2 Å². The Balaban J connectivity index is 0.00000280. The SMILES string of the molecule is Cl.NCCN(CCc1ccccc1)C(=O)c1cccc(N2CCCS2(=O)=O)c1. The van der Waals surface area contributed by atoms with Crippen LogP contribution in [-0.4, -0.2) is 51.2 Å². The molecule has 152 valence electrons. The quantitative estimate of drug-likeness (QED) is 0.740. The van der Waals surface area contributed by atoms with Crippen molar-refractivity contribution in [3.05, 3.63) is 65.7 Å². The van der Waals surface area contributed by atoms with Gasteiger partial charge < -0.3 is 10.6 Å². The van der Waals surface area contributed by atoms with Gasteiger partial charge in [-0.05, 0) is 36.6 Å². The number of halogens is 1. The molecule has 0 unspecified atom stereocenters. The van der Waals surface area contributed by atoms with Gasteiger partial charge in [-0.25, -0.2) is 8.42 Å². The highest BCUT2D eigenvalue weighted by molar-refractivity contribution is 7.93. The molecule has 0 saturated carbocycles. The van der Waals surface area contributed by atoms with Crippen molar-refractivity contribution in [2.75, 3.05) is 36.2 Å². The van der Waals surface area contributed by atoms with Crippen LogP contribution in [0.1, 0.15) is 22.3 Å². The first-order chi connectivity index (χ1) is 13.0. The van der Waals surface area contributed by atoms with Crippen LogP contribution in [-0.2, 0) is 16.4 Å². The lowest BCUT2D eigenvalue weighted by Gasteiger charge is -2.23. The molecule has 1 aliphatic heterocycles. The van der Waals surface area contributed by atoms with E-state index in [4.69, 9.17) is 5.73 Å². The number of anilines is 1. The van der Waals surface area contributed by atoms with E-state index in [-0.39, 0.29) is 24.1 Å². The van der Waals surface area contributed by atoms with Gasteiger partial charge in [0.05, 0.1) is 11.4 Å². The second-order valence-electron chi connectivity index (χ2n) is 6.61. The summed E-state index contributed by atoms with van der Waals surface area (Å²) in [5, 5.41) is 0. The predicted molar refractivity (Wildman–Crippen MR) is 115 cm³/mol. The second-order valence-corrected chi connectivity index (χ2v) is 8.62. The van der Waals surface area contributed by atoms with E-state index < -0.39 is 10.0 Å². The van der Waals surface area contributed by atoms with Crippen LogP contribution in [0, 0.1) is 0 Å². The van der Waals surface area contributed by atoms with Crippen molar-refractivity contribution in [2.24, 2.45) is 5.73 Å². The van der Waals surface area contributed by atoms with Gasteiger partial charge in [-0.1, -0.05) is 36.4 Å². The van der Waals surface area contributed by atoms with E-state index in [1.165, 1.54) is 4.31 Å². The maximum Gasteiger partial charge on any atom is 0.253 e. The van der Waals surface area contributed by atoms with Gasteiger partial charge in [0, 0.05) is 31.7 Å². The van der Waals surface area contributed by atoms with Crippen molar-refractivity contribution in [3.63, 3.8) is 0 Å². The standard InChI is InChI=1S/C20H25N3O3S.ClH/c21-11-14-22(13-10-17-6-2-1-3-7-17)20(24)18-8-4-9-19(16-18)23-12-5-15-27(23,25)26;/h1-4,6-9,16H,5,10-15,21H2;1H. The van der Waals surface area contributed by atoms with Gasteiger partial charge >= 0.3 is 0 Å². The van der Waals surface area contributed by atoms with Crippen LogP contribution < -0.4 is 10.0 Å². The first-order valence-corrected chi connectivity index (χ1v) is 10.8. The minimum absolute atomic E-state index is 0. The molecule has 0 spiro atoms. The highest BCUT2D eigenvalue weighted by Crippen LogP contribution is 2.25. The Kier molecular flexibility index (Phi) is 7.86. The lowest BCUT2D eigenvalue weighted by molar-refractivity contribution is 0.0762. The van der Waals surface area contributed by atoms with E-state index in [1.54, 1.807) is 29.2 Å². The average molecular weight is 424 g/mol. The third-order valence-corrected chi connectivity index (χ3v) is 6.55. The van der Waals surface area contributed by atoms with E-state index in [1.807, 2.05) is 30.3 Å². The maximum absolute atomic E-state index is 13.0. The van der Waals surface area contributed by atoms with Crippen molar-refractivity contribution in [3.8, 4) is 0 Å². The minimum Gasteiger partial charge on any atom is -0.337 e. The van der Waals surface area contributed by atoms with E-state index in [9.17, 15) is 13.2 Å². The molecule has 0 bridgehead atoms. The monoisotopic (exact) mass is 423 g/mol. The van der Waals surface area contributed by atoms with Crippen LogP contribution in [0.3, 0.4) is 0 Å². The Morgan fingerprint density at radius 3 is 2.46 bits per heavy atom. The number of sulfonamides is 1. The number of carbonyl (C=O) groups excluding carboxylic acids is 1. The lowest BCUT2D eigenvalue weighted by Crippen LogP contribution is -2.37. The van der Waals surface area contributed by atoms with Gasteiger partial charge in [-0.3, -0.25) is 9.10 Å². The Labute approximate surface area is 172 Å². The first kappa shape index (κ1) is 22.2. The Morgan fingerprint density at radius 2 is 1.82 bits per heavy atom. The summed E-state index contributed by atoms with van der Waals surface area (Å²) in [5.74, 6) is 0.0245.